The molecule has 0 fully saturated rings. The van der Waals surface area contributed by atoms with E-state index in [1.165, 1.54) is 7.11 Å². The summed E-state index contributed by atoms with van der Waals surface area (Å²) in [6.45, 7) is 1.77. The van der Waals surface area contributed by atoms with Crippen molar-refractivity contribution in [3.63, 3.8) is 0 Å². The number of methoxy groups -OCH3 is 1. The zero-order valence-electron chi connectivity index (χ0n) is 9.70. The Balaban J connectivity index is 2.56. The molecule has 0 aliphatic rings. The van der Waals surface area contributed by atoms with E-state index in [0.717, 1.165) is 5.56 Å². The number of aryl methyl sites for hydroxylation is 1. The van der Waals surface area contributed by atoms with Crippen molar-refractivity contribution in [1.82, 2.24) is 0 Å². The van der Waals surface area contributed by atoms with Crippen LogP contribution < -0.4 is 4.74 Å². The average molecular weight is 232 g/mol. The zero-order valence-corrected chi connectivity index (χ0v) is 9.70. The molecular formula is C14H13FO2. The third kappa shape index (κ3) is 2.09. The third-order valence-electron chi connectivity index (χ3n) is 2.69. The minimum absolute atomic E-state index is 0.206. The van der Waals surface area contributed by atoms with Crippen LogP contribution in [0.4, 0.5) is 4.39 Å². The van der Waals surface area contributed by atoms with Gasteiger partial charge in [-0.1, -0.05) is 18.2 Å². The van der Waals surface area contributed by atoms with Crippen LogP contribution in [0.2, 0.25) is 0 Å². The summed E-state index contributed by atoms with van der Waals surface area (Å²) in [6, 6.07) is 9.98. The minimum atomic E-state index is -0.389. The highest BCUT2D eigenvalue weighted by Crippen LogP contribution is 2.31. The first kappa shape index (κ1) is 11.5. The van der Waals surface area contributed by atoms with E-state index in [2.05, 4.69) is 0 Å². The average Bonchev–Trinajstić information content (AvgIpc) is 2.33. The van der Waals surface area contributed by atoms with Gasteiger partial charge in [-0.15, -0.1) is 0 Å². The van der Waals surface area contributed by atoms with Gasteiger partial charge in [-0.05, 0) is 36.2 Å². The lowest BCUT2D eigenvalue weighted by molar-refractivity contribution is 0.387. The standard InChI is InChI=1S/C14H13FO2/c1-9-8-10(6-7-12(9)16)11-4-3-5-13(17-2)14(11)15/h3-8,16H,1-2H3. The fourth-order valence-electron chi connectivity index (χ4n) is 1.71. The summed E-state index contributed by atoms with van der Waals surface area (Å²) in [6.07, 6.45) is 0. The first-order valence-electron chi connectivity index (χ1n) is 5.26. The van der Waals surface area contributed by atoms with Crippen LogP contribution in [0.1, 0.15) is 5.56 Å². The van der Waals surface area contributed by atoms with Crippen molar-refractivity contribution in [1.29, 1.82) is 0 Å². The highest BCUT2D eigenvalue weighted by atomic mass is 19.1. The fraction of sp³-hybridized carbons (Fsp3) is 0.143. The summed E-state index contributed by atoms with van der Waals surface area (Å²) in [5, 5.41) is 9.44. The van der Waals surface area contributed by atoms with Crippen LogP contribution in [-0.4, -0.2) is 12.2 Å². The molecular weight excluding hydrogens is 219 g/mol. The Morgan fingerprint density at radius 1 is 1.18 bits per heavy atom. The fourth-order valence-corrected chi connectivity index (χ4v) is 1.71. The van der Waals surface area contributed by atoms with Gasteiger partial charge in [0.05, 0.1) is 7.11 Å². The molecule has 2 rings (SSSR count). The van der Waals surface area contributed by atoms with Gasteiger partial charge in [-0.2, -0.15) is 0 Å². The van der Waals surface area contributed by atoms with Crippen LogP contribution in [0.3, 0.4) is 0 Å². The number of phenols is 1. The van der Waals surface area contributed by atoms with E-state index in [-0.39, 0.29) is 17.3 Å². The Morgan fingerprint density at radius 2 is 1.94 bits per heavy atom. The lowest BCUT2D eigenvalue weighted by atomic mass is 10.0. The number of phenolic OH excluding ortho intramolecular Hbond substituents is 1. The second kappa shape index (κ2) is 4.45. The molecule has 88 valence electrons. The molecule has 1 N–H and O–H groups in total. The van der Waals surface area contributed by atoms with Gasteiger partial charge in [0.2, 0.25) is 0 Å². The van der Waals surface area contributed by atoms with Gasteiger partial charge in [0.15, 0.2) is 11.6 Å². The topological polar surface area (TPSA) is 29.5 Å². The molecule has 0 aliphatic heterocycles. The first-order chi connectivity index (χ1) is 8.13. The van der Waals surface area contributed by atoms with Crippen molar-refractivity contribution < 1.29 is 14.2 Å². The van der Waals surface area contributed by atoms with E-state index in [4.69, 9.17) is 4.74 Å². The predicted octanol–water partition coefficient (Wildman–Crippen LogP) is 3.52. The number of ether oxygens (including phenoxy) is 1. The molecule has 2 nitrogen and oxygen atoms in total. The van der Waals surface area contributed by atoms with Crippen molar-refractivity contribution in [2.75, 3.05) is 7.11 Å². The van der Waals surface area contributed by atoms with Crippen molar-refractivity contribution in [2.45, 2.75) is 6.92 Å². The van der Waals surface area contributed by atoms with Gasteiger partial charge in [0, 0.05) is 5.56 Å². The van der Waals surface area contributed by atoms with E-state index in [1.807, 2.05) is 0 Å². The van der Waals surface area contributed by atoms with Gasteiger partial charge in [0.1, 0.15) is 5.75 Å². The monoisotopic (exact) mass is 232 g/mol. The molecule has 0 aliphatic carbocycles. The molecule has 0 bridgehead atoms. The Kier molecular flexibility index (Phi) is 3.00. The van der Waals surface area contributed by atoms with E-state index < -0.39 is 0 Å². The van der Waals surface area contributed by atoms with Gasteiger partial charge in [0.25, 0.3) is 0 Å². The Hall–Kier alpha value is -2.03. The Bertz CT molecular complexity index is 550. The van der Waals surface area contributed by atoms with Crippen LogP contribution in [0.5, 0.6) is 11.5 Å². The molecule has 0 unspecified atom stereocenters. The zero-order chi connectivity index (χ0) is 12.4. The van der Waals surface area contributed by atoms with Crippen LogP contribution in [0.25, 0.3) is 11.1 Å². The summed E-state index contributed by atoms with van der Waals surface area (Å²) in [5.74, 6) is 0.0328. The van der Waals surface area contributed by atoms with Crippen LogP contribution in [0.15, 0.2) is 36.4 Å². The molecule has 17 heavy (non-hydrogen) atoms. The molecule has 0 radical (unpaired) electrons. The quantitative estimate of drug-likeness (QED) is 0.858. The number of aromatic hydroxyl groups is 1. The molecule has 0 saturated heterocycles. The molecule has 3 heteroatoms. The summed E-state index contributed by atoms with van der Waals surface area (Å²) < 4.78 is 18.9. The molecule has 2 aromatic carbocycles. The number of rotatable bonds is 2. The van der Waals surface area contributed by atoms with Crippen molar-refractivity contribution in [2.24, 2.45) is 0 Å². The van der Waals surface area contributed by atoms with Crippen LogP contribution >= 0.6 is 0 Å². The van der Waals surface area contributed by atoms with E-state index in [9.17, 15) is 9.50 Å². The summed E-state index contributed by atoms with van der Waals surface area (Å²) in [5.41, 5.74) is 1.90. The highest BCUT2D eigenvalue weighted by molar-refractivity contribution is 5.67. The van der Waals surface area contributed by atoms with Crippen LogP contribution in [0, 0.1) is 12.7 Å². The molecule has 0 amide bonds. The number of halogens is 1. The predicted molar refractivity (Wildman–Crippen MR) is 64.8 cm³/mol. The molecule has 0 heterocycles. The van der Waals surface area contributed by atoms with Gasteiger partial charge >= 0.3 is 0 Å². The lowest BCUT2D eigenvalue weighted by Gasteiger charge is -2.08. The second-order valence-corrected chi connectivity index (χ2v) is 3.82. The van der Waals surface area contributed by atoms with E-state index in [0.29, 0.717) is 11.1 Å². The minimum Gasteiger partial charge on any atom is -0.508 e. The van der Waals surface area contributed by atoms with Crippen molar-refractivity contribution in [3.8, 4) is 22.6 Å². The molecule has 0 spiro atoms. The van der Waals surface area contributed by atoms with Gasteiger partial charge in [-0.25, -0.2) is 4.39 Å². The molecule has 0 atom stereocenters. The first-order valence-corrected chi connectivity index (χ1v) is 5.26. The van der Waals surface area contributed by atoms with Crippen molar-refractivity contribution >= 4 is 0 Å². The lowest BCUT2D eigenvalue weighted by Crippen LogP contribution is -1.91. The molecule has 0 aromatic heterocycles. The Morgan fingerprint density at radius 3 is 2.59 bits per heavy atom. The van der Waals surface area contributed by atoms with E-state index >= 15 is 0 Å². The maximum absolute atomic E-state index is 14.0. The van der Waals surface area contributed by atoms with Crippen LogP contribution in [-0.2, 0) is 0 Å². The summed E-state index contributed by atoms with van der Waals surface area (Å²) >= 11 is 0. The normalized spacial score (nSPS) is 10.3. The Labute approximate surface area is 99.3 Å². The second-order valence-electron chi connectivity index (χ2n) is 3.82. The molecule has 2 aromatic rings. The molecule has 0 saturated carbocycles. The largest absolute Gasteiger partial charge is 0.508 e. The maximum atomic E-state index is 14.0. The van der Waals surface area contributed by atoms with E-state index in [1.54, 1.807) is 43.3 Å². The van der Waals surface area contributed by atoms with Gasteiger partial charge < -0.3 is 9.84 Å². The highest BCUT2D eigenvalue weighted by Gasteiger charge is 2.10. The maximum Gasteiger partial charge on any atom is 0.172 e. The summed E-state index contributed by atoms with van der Waals surface area (Å²) in [4.78, 5) is 0. The number of hydrogen-bond acceptors (Lipinski definition) is 2. The summed E-state index contributed by atoms with van der Waals surface area (Å²) in [7, 11) is 1.43. The van der Waals surface area contributed by atoms with Crippen molar-refractivity contribution in [3.05, 3.63) is 47.8 Å². The third-order valence-corrected chi connectivity index (χ3v) is 2.69. The SMILES string of the molecule is COc1cccc(-c2ccc(O)c(C)c2)c1F. The number of benzene rings is 2. The number of hydrogen-bond donors (Lipinski definition) is 1. The smallest absolute Gasteiger partial charge is 0.172 e. The van der Waals surface area contributed by atoms with Gasteiger partial charge in [-0.3, -0.25) is 0 Å².